The normalized spacial score (nSPS) is 11.9. The highest BCUT2D eigenvalue weighted by molar-refractivity contribution is 5.87. The third-order valence-electron chi connectivity index (χ3n) is 2.18. The highest BCUT2D eigenvalue weighted by Gasteiger charge is 2.15. The number of carbonyl (C=O) groups excluding carboxylic acids is 2. The summed E-state index contributed by atoms with van der Waals surface area (Å²) in [5.41, 5.74) is 5.32. The third-order valence-corrected chi connectivity index (χ3v) is 2.18. The largest absolute Gasteiger partial charge is 0.367 e. The molecule has 2 amide bonds. The van der Waals surface area contributed by atoms with Crippen LogP contribution in [0.5, 0.6) is 0 Å². The lowest BCUT2D eigenvalue weighted by atomic mass is 10.3. The standard InChI is InChI=1S/C10H18N6O2/c1-3-4-12-9(18)7(2)14-8(17)5-16-6-13-10(11)15-16/h6-7H,3-5H2,1-2H3,(H2,11,15)(H,12,18)(H,14,17). The molecule has 0 aliphatic carbocycles. The number of hydrogen-bond acceptors (Lipinski definition) is 5. The monoisotopic (exact) mass is 254 g/mol. The highest BCUT2D eigenvalue weighted by Crippen LogP contribution is 1.90. The summed E-state index contributed by atoms with van der Waals surface area (Å²) >= 11 is 0. The first-order valence-electron chi connectivity index (χ1n) is 5.75. The molecule has 1 atom stereocenters. The molecule has 0 aromatic carbocycles. The number of aromatic nitrogens is 3. The van der Waals surface area contributed by atoms with Crippen molar-refractivity contribution in [3.05, 3.63) is 6.33 Å². The van der Waals surface area contributed by atoms with Crippen LogP contribution in [0.15, 0.2) is 6.33 Å². The molecular formula is C10H18N6O2. The van der Waals surface area contributed by atoms with Crippen molar-refractivity contribution >= 4 is 17.8 Å². The average Bonchev–Trinajstić information content (AvgIpc) is 2.71. The van der Waals surface area contributed by atoms with Crippen molar-refractivity contribution in [3.8, 4) is 0 Å². The summed E-state index contributed by atoms with van der Waals surface area (Å²) in [6.07, 6.45) is 2.21. The number of anilines is 1. The van der Waals surface area contributed by atoms with E-state index in [-0.39, 0.29) is 24.3 Å². The van der Waals surface area contributed by atoms with E-state index in [1.165, 1.54) is 11.0 Å². The number of nitrogens with one attached hydrogen (secondary N) is 2. The van der Waals surface area contributed by atoms with Crippen LogP contribution < -0.4 is 16.4 Å². The van der Waals surface area contributed by atoms with Crippen molar-refractivity contribution in [1.29, 1.82) is 0 Å². The molecule has 0 fully saturated rings. The van der Waals surface area contributed by atoms with Gasteiger partial charge in [0.1, 0.15) is 18.9 Å². The fourth-order valence-electron chi connectivity index (χ4n) is 1.29. The van der Waals surface area contributed by atoms with Gasteiger partial charge in [-0.3, -0.25) is 9.59 Å². The third kappa shape index (κ3) is 4.40. The predicted octanol–water partition coefficient (Wildman–Crippen LogP) is -1.11. The first-order valence-corrected chi connectivity index (χ1v) is 5.75. The fraction of sp³-hybridized carbons (Fsp3) is 0.600. The van der Waals surface area contributed by atoms with Gasteiger partial charge in [0.2, 0.25) is 17.8 Å². The van der Waals surface area contributed by atoms with E-state index in [1.54, 1.807) is 6.92 Å². The molecule has 1 aromatic rings. The van der Waals surface area contributed by atoms with E-state index in [0.717, 1.165) is 6.42 Å². The van der Waals surface area contributed by atoms with E-state index in [4.69, 9.17) is 5.73 Å². The van der Waals surface area contributed by atoms with Gasteiger partial charge < -0.3 is 16.4 Å². The van der Waals surface area contributed by atoms with Crippen LogP contribution in [0, 0.1) is 0 Å². The molecule has 0 saturated carbocycles. The van der Waals surface area contributed by atoms with Gasteiger partial charge in [0.25, 0.3) is 0 Å². The Hall–Kier alpha value is -2.12. The minimum Gasteiger partial charge on any atom is -0.367 e. The number of carbonyl (C=O) groups is 2. The Bertz CT molecular complexity index is 416. The summed E-state index contributed by atoms with van der Waals surface area (Å²) in [5, 5.41) is 9.04. The minimum atomic E-state index is -0.579. The van der Waals surface area contributed by atoms with Gasteiger partial charge in [0, 0.05) is 6.54 Å². The lowest BCUT2D eigenvalue weighted by Gasteiger charge is -2.13. The number of rotatable bonds is 6. The van der Waals surface area contributed by atoms with Crippen molar-refractivity contribution < 1.29 is 9.59 Å². The van der Waals surface area contributed by atoms with Gasteiger partial charge in [-0.05, 0) is 13.3 Å². The van der Waals surface area contributed by atoms with Gasteiger partial charge in [0.05, 0.1) is 0 Å². The Labute approximate surface area is 105 Å². The number of nitrogens with zero attached hydrogens (tertiary/aromatic N) is 3. The zero-order chi connectivity index (χ0) is 13.5. The maximum Gasteiger partial charge on any atom is 0.242 e. The second-order valence-corrected chi connectivity index (χ2v) is 3.88. The first-order chi connectivity index (χ1) is 8.52. The number of nitrogens with two attached hydrogens (primary N) is 1. The predicted molar refractivity (Wildman–Crippen MR) is 65.3 cm³/mol. The van der Waals surface area contributed by atoms with Crippen LogP contribution >= 0.6 is 0 Å². The molecule has 0 aliphatic rings. The molecule has 1 heterocycles. The van der Waals surface area contributed by atoms with Gasteiger partial charge in [0.15, 0.2) is 0 Å². The lowest BCUT2D eigenvalue weighted by Crippen LogP contribution is -2.46. The van der Waals surface area contributed by atoms with E-state index in [2.05, 4.69) is 20.7 Å². The van der Waals surface area contributed by atoms with Crippen molar-refractivity contribution in [3.63, 3.8) is 0 Å². The van der Waals surface area contributed by atoms with Crippen LogP contribution in [0.1, 0.15) is 20.3 Å². The van der Waals surface area contributed by atoms with E-state index >= 15 is 0 Å². The van der Waals surface area contributed by atoms with Crippen molar-refractivity contribution in [1.82, 2.24) is 25.4 Å². The van der Waals surface area contributed by atoms with Gasteiger partial charge >= 0.3 is 0 Å². The van der Waals surface area contributed by atoms with Crippen LogP contribution in [-0.2, 0) is 16.1 Å². The highest BCUT2D eigenvalue weighted by atomic mass is 16.2. The minimum absolute atomic E-state index is 0.0183. The van der Waals surface area contributed by atoms with Crippen LogP contribution in [0.3, 0.4) is 0 Å². The zero-order valence-corrected chi connectivity index (χ0v) is 10.5. The summed E-state index contributed by atoms with van der Waals surface area (Å²) < 4.78 is 1.31. The summed E-state index contributed by atoms with van der Waals surface area (Å²) in [7, 11) is 0. The summed E-state index contributed by atoms with van der Waals surface area (Å²) in [5.74, 6) is -0.418. The molecule has 0 spiro atoms. The Balaban J connectivity index is 2.37. The van der Waals surface area contributed by atoms with Crippen molar-refractivity contribution in [2.24, 2.45) is 0 Å². The first kappa shape index (κ1) is 13.9. The molecule has 8 heteroatoms. The molecule has 4 N–H and O–H groups in total. The van der Waals surface area contributed by atoms with Crippen LogP contribution in [0.2, 0.25) is 0 Å². The van der Waals surface area contributed by atoms with Crippen LogP contribution in [-0.4, -0.2) is 39.2 Å². The molecule has 0 aliphatic heterocycles. The van der Waals surface area contributed by atoms with Crippen LogP contribution in [0.25, 0.3) is 0 Å². The molecule has 100 valence electrons. The van der Waals surface area contributed by atoms with Crippen LogP contribution in [0.4, 0.5) is 5.95 Å². The molecule has 0 saturated heterocycles. The summed E-state index contributed by atoms with van der Waals surface area (Å²) in [4.78, 5) is 26.8. The molecule has 1 unspecified atom stereocenters. The molecule has 18 heavy (non-hydrogen) atoms. The number of nitrogen functional groups attached to an aromatic ring is 1. The topological polar surface area (TPSA) is 115 Å². The summed E-state index contributed by atoms with van der Waals surface area (Å²) in [6, 6.07) is -0.579. The quantitative estimate of drug-likeness (QED) is 0.595. The summed E-state index contributed by atoms with van der Waals surface area (Å²) in [6.45, 7) is 4.16. The molecule has 1 aromatic heterocycles. The van der Waals surface area contributed by atoms with E-state index in [0.29, 0.717) is 6.54 Å². The molecule has 0 radical (unpaired) electrons. The second-order valence-electron chi connectivity index (χ2n) is 3.88. The van der Waals surface area contributed by atoms with Crippen molar-refractivity contribution in [2.45, 2.75) is 32.9 Å². The number of hydrogen-bond donors (Lipinski definition) is 3. The molecule has 1 rings (SSSR count). The molecule has 0 bridgehead atoms. The Morgan fingerprint density at radius 3 is 2.83 bits per heavy atom. The van der Waals surface area contributed by atoms with E-state index < -0.39 is 6.04 Å². The Morgan fingerprint density at radius 2 is 2.28 bits per heavy atom. The molecule has 8 nitrogen and oxygen atoms in total. The maximum absolute atomic E-state index is 11.6. The molecular weight excluding hydrogens is 236 g/mol. The maximum atomic E-state index is 11.6. The zero-order valence-electron chi connectivity index (χ0n) is 10.5. The SMILES string of the molecule is CCCNC(=O)C(C)NC(=O)Cn1cnc(N)n1. The average molecular weight is 254 g/mol. The number of amides is 2. The lowest BCUT2D eigenvalue weighted by molar-refractivity contribution is -0.128. The Morgan fingerprint density at radius 1 is 1.56 bits per heavy atom. The van der Waals surface area contributed by atoms with Gasteiger partial charge in [-0.1, -0.05) is 6.92 Å². The smallest absolute Gasteiger partial charge is 0.242 e. The van der Waals surface area contributed by atoms with Gasteiger partial charge in [-0.2, -0.15) is 0 Å². The Kier molecular flexibility index (Phi) is 5.09. The van der Waals surface area contributed by atoms with Crippen molar-refractivity contribution in [2.75, 3.05) is 12.3 Å². The van der Waals surface area contributed by atoms with E-state index in [9.17, 15) is 9.59 Å². The van der Waals surface area contributed by atoms with Gasteiger partial charge in [-0.15, -0.1) is 5.10 Å². The fourth-order valence-corrected chi connectivity index (χ4v) is 1.29. The van der Waals surface area contributed by atoms with Gasteiger partial charge in [-0.25, -0.2) is 9.67 Å². The second kappa shape index (κ2) is 6.58. The van der Waals surface area contributed by atoms with E-state index in [1.807, 2.05) is 6.92 Å².